The molecule has 0 saturated carbocycles. The standard InChI is InChI=1S/C21H18N2O3/c24-21-20(22-25)18-8-3-4-9-19(18)23(21)12-5-13-26-17-11-10-15-6-1-2-7-16(15)14-17/h1-4,6-11,14,24H,5,12-13H2. The van der Waals surface area contributed by atoms with Crippen molar-refractivity contribution in [2.24, 2.45) is 5.18 Å². The van der Waals surface area contributed by atoms with Crippen molar-refractivity contribution in [1.82, 2.24) is 4.57 Å². The van der Waals surface area contributed by atoms with Crippen LogP contribution in [-0.2, 0) is 6.54 Å². The second-order valence-electron chi connectivity index (χ2n) is 6.14. The lowest BCUT2D eigenvalue weighted by atomic mass is 10.1. The number of nitroso groups, excluding NO2 is 1. The molecule has 0 aliphatic carbocycles. The summed E-state index contributed by atoms with van der Waals surface area (Å²) in [5.74, 6) is 0.729. The molecule has 0 atom stereocenters. The Morgan fingerprint density at radius 3 is 2.58 bits per heavy atom. The van der Waals surface area contributed by atoms with Gasteiger partial charge in [-0.25, -0.2) is 0 Å². The molecule has 0 aliphatic rings. The monoisotopic (exact) mass is 346 g/mol. The van der Waals surface area contributed by atoms with E-state index in [0.29, 0.717) is 25.0 Å². The summed E-state index contributed by atoms with van der Waals surface area (Å²) in [4.78, 5) is 11.0. The number of fused-ring (bicyclic) bond motifs is 2. The van der Waals surface area contributed by atoms with E-state index in [4.69, 9.17) is 4.74 Å². The highest BCUT2D eigenvalue weighted by molar-refractivity contribution is 5.95. The first-order valence-corrected chi connectivity index (χ1v) is 8.53. The molecule has 130 valence electrons. The van der Waals surface area contributed by atoms with Gasteiger partial charge >= 0.3 is 0 Å². The highest BCUT2D eigenvalue weighted by Crippen LogP contribution is 2.38. The molecular formula is C21H18N2O3. The quantitative estimate of drug-likeness (QED) is 0.377. The SMILES string of the molecule is O=Nc1c(O)n(CCCOc2ccc3ccccc3c2)c2ccccc12. The second kappa shape index (κ2) is 6.88. The lowest BCUT2D eigenvalue weighted by Gasteiger charge is -2.09. The predicted molar refractivity (Wildman–Crippen MR) is 103 cm³/mol. The molecule has 5 heteroatoms. The lowest BCUT2D eigenvalue weighted by Crippen LogP contribution is -2.04. The number of nitrogens with zero attached hydrogens (tertiary/aromatic N) is 2. The third kappa shape index (κ3) is 2.88. The third-order valence-corrected chi connectivity index (χ3v) is 4.52. The van der Waals surface area contributed by atoms with Gasteiger partial charge in [0.05, 0.1) is 12.1 Å². The van der Waals surface area contributed by atoms with Crippen molar-refractivity contribution in [2.75, 3.05) is 6.61 Å². The first-order chi connectivity index (χ1) is 12.8. The lowest BCUT2D eigenvalue weighted by molar-refractivity contribution is 0.298. The van der Waals surface area contributed by atoms with E-state index in [9.17, 15) is 10.0 Å². The van der Waals surface area contributed by atoms with Crippen LogP contribution in [-0.4, -0.2) is 16.3 Å². The molecule has 1 aromatic heterocycles. The average molecular weight is 346 g/mol. The van der Waals surface area contributed by atoms with Gasteiger partial charge in [-0.05, 0) is 40.6 Å². The van der Waals surface area contributed by atoms with Gasteiger partial charge in [-0.3, -0.25) is 0 Å². The molecule has 0 aliphatic heterocycles. The summed E-state index contributed by atoms with van der Waals surface area (Å²) < 4.78 is 7.54. The molecule has 0 fully saturated rings. The maximum atomic E-state index is 11.0. The summed E-state index contributed by atoms with van der Waals surface area (Å²) in [6.45, 7) is 1.05. The summed E-state index contributed by atoms with van der Waals surface area (Å²) in [6.07, 6.45) is 0.692. The second-order valence-corrected chi connectivity index (χ2v) is 6.14. The van der Waals surface area contributed by atoms with Crippen LogP contribution in [0.2, 0.25) is 0 Å². The Morgan fingerprint density at radius 1 is 0.962 bits per heavy atom. The van der Waals surface area contributed by atoms with Crippen molar-refractivity contribution in [3.8, 4) is 11.6 Å². The van der Waals surface area contributed by atoms with Crippen LogP contribution in [0.1, 0.15) is 6.42 Å². The molecule has 4 aromatic rings. The molecule has 0 unspecified atom stereocenters. The number of benzene rings is 3. The topological polar surface area (TPSA) is 63.8 Å². The van der Waals surface area contributed by atoms with Gasteiger partial charge in [0.1, 0.15) is 5.75 Å². The Labute approximate surface area is 150 Å². The van der Waals surface area contributed by atoms with E-state index in [1.54, 1.807) is 10.6 Å². The predicted octanol–water partition coefficient (Wildman–Crippen LogP) is 5.37. The Kier molecular flexibility index (Phi) is 4.27. The fourth-order valence-corrected chi connectivity index (χ4v) is 3.26. The van der Waals surface area contributed by atoms with E-state index in [2.05, 4.69) is 17.3 Å². The summed E-state index contributed by atoms with van der Waals surface area (Å²) >= 11 is 0. The van der Waals surface area contributed by atoms with Crippen molar-refractivity contribution < 1.29 is 9.84 Å². The van der Waals surface area contributed by atoms with Crippen LogP contribution in [0.25, 0.3) is 21.7 Å². The number of aryl methyl sites for hydroxylation is 1. The van der Waals surface area contributed by atoms with Crippen molar-refractivity contribution in [1.29, 1.82) is 0 Å². The van der Waals surface area contributed by atoms with E-state index in [-0.39, 0.29) is 11.6 Å². The molecule has 0 amide bonds. The number of aromatic hydroxyl groups is 1. The van der Waals surface area contributed by atoms with Gasteiger partial charge in [-0.2, -0.15) is 0 Å². The van der Waals surface area contributed by atoms with Gasteiger partial charge in [0.25, 0.3) is 0 Å². The van der Waals surface area contributed by atoms with Crippen LogP contribution in [0.5, 0.6) is 11.6 Å². The van der Waals surface area contributed by atoms with Crippen LogP contribution in [0.4, 0.5) is 5.69 Å². The van der Waals surface area contributed by atoms with Gasteiger partial charge < -0.3 is 14.4 Å². The maximum Gasteiger partial charge on any atom is 0.222 e. The zero-order valence-electron chi connectivity index (χ0n) is 14.1. The molecule has 1 heterocycles. The molecule has 0 saturated heterocycles. The average Bonchev–Trinajstić information content (AvgIpc) is 2.96. The first kappa shape index (κ1) is 16.1. The van der Waals surface area contributed by atoms with Gasteiger partial charge in [-0.1, -0.05) is 48.5 Å². The van der Waals surface area contributed by atoms with Crippen molar-refractivity contribution in [3.63, 3.8) is 0 Å². The van der Waals surface area contributed by atoms with Crippen LogP contribution < -0.4 is 4.74 Å². The van der Waals surface area contributed by atoms with E-state index in [1.165, 1.54) is 5.39 Å². The Morgan fingerprint density at radius 2 is 1.73 bits per heavy atom. The molecule has 3 aromatic carbocycles. The number of hydrogen-bond acceptors (Lipinski definition) is 4. The van der Waals surface area contributed by atoms with Gasteiger partial charge in [0.15, 0.2) is 5.69 Å². The minimum atomic E-state index is -0.0908. The van der Waals surface area contributed by atoms with Crippen LogP contribution in [0.15, 0.2) is 71.9 Å². The number of aromatic nitrogens is 1. The molecule has 26 heavy (non-hydrogen) atoms. The fourth-order valence-electron chi connectivity index (χ4n) is 3.26. The number of para-hydroxylation sites is 1. The number of rotatable bonds is 6. The molecule has 0 radical (unpaired) electrons. The summed E-state index contributed by atoms with van der Waals surface area (Å²) in [5, 5.41) is 16.2. The van der Waals surface area contributed by atoms with E-state index in [1.807, 2.05) is 48.5 Å². The minimum absolute atomic E-state index is 0.0908. The van der Waals surface area contributed by atoms with Crippen molar-refractivity contribution in [3.05, 3.63) is 71.6 Å². The van der Waals surface area contributed by atoms with Crippen LogP contribution in [0, 0.1) is 4.91 Å². The van der Waals surface area contributed by atoms with Crippen LogP contribution in [0.3, 0.4) is 0 Å². The molecule has 0 spiro atoms. The zero-order chi connectivity index (χ0) is 17.9. The van der Waals surface area contributed by atoms with E-state index < -0.39 is 0 Å². The summed E-state index contributed by atoms with van der Waals surface area (Å²) in [7, 11) is 0. The highest BCUT2D eigenvalue weighted by atomic mass is 16.5. The molecule has 4 rings (SSSR count). The molecule has 0 bridgehead atoms. The number of ether oxygens (including phenoxy) is 1. The molecule has 1 N–H and O–H groups in total. The largest absolute Gasteiger partial charge is 0.494 e. The third-order valence-electron chi connectivity index (χ3n) is 4.52. The smallest absolute Gasteiger partial charge is 0.222 e. The highest BCUT2D eigenvalue weighted by Gasteiger charge is 2.16. The normalized spacial score (nSPS) is 11.1. The van der Waals surface area contributed by atoms with Crippen LogP contribution >= 0.6 is 0 Å². The zero-order valence-corrected chi connectivity index (χ0v) is 14.1. The summed E-state index contributed by atoms with van der Waals surface area (Å²) in [6, 6.07) is 21.5. The number of hydrogen-bond donors (Lipinski definition) is 1. The summed E-state index contributed by atoms with van der Waals surface area (Å²) in [5.41, 5.74) is 0.890. The van der Waals surface area contributed by atoms with E-state index >= 15 is 0 Å². The fraction of sp³-hybridized carbons (Fsp3) is 0.143. The Bertz CT molecular complexity index is 1090. The Balaban J connectivity index is 1.45. The van der Waals surface area contributed by atoms with Crippen molar-refractivity contribution >= 4 is 27.4 Å². The van der Waals surface area contributed by atoms with Gasteiger partial charge in [-0.15, -0.1) is 4.91 Å². The Hall–Kier alpha value is -3.34. The first-order valence-electron chi connectivity index (χ1n) is 8.53. The molecule has 5 nitrogen and oxygen atoms in total. The van der Waals surface area contributed by atoms with Gasteiger partial charge in [0, 0.05) is 11.9 Å². The van der Waals surface area contributed by atoms with E-state index in [0.717, 1.165) is 16.7 Å². The van der Waals surface area contributed by atoms with Gasteiger partial charge in [0.2, 0.25) is 5.88 Å². The van der Waals surface area contributed by atoms with Crippen molar-refractivity contribution in [2.45, 2.75) is 13.0 Å². The minimum Gasteiger partial charge on any atom is -0.494 e. The molecular weight excluding hydrogens is 328 g/mol. The maximum absolute atomic E-state index is 11.0.